The van der Waals surface area contributed by atoms with Crippen LogP contribution in [-0.2, 0) is 11.2 Å². The largest absolute Gasteiger partial charge is 0.273 e. The molecule has 1 N–H and O–H groups in total. The second-order valence-electron chi connectivity index (χ2n) is 4.40. The zero-order valence-electron chi connectivity index (χ0n) is 11.1. The summed E-state index contributed by atoms with van der Waals surface area (Å²) in [7, 11) is 0. The highest BCUT2D eigenvalue weighted by molar-refractivity contribution is 14.1. The Kier molecular flexibility index (Phi) is 5.29. The minimum atomic E-state index is -0.110. The Labute approximate surface area is 132 Å². The fraction of sp³-hybridized carbons (Fsp3) is 0.125. The molecule has 0 saturated carbocycles. The first-order valence-electron chi connectivity index (χ1n) is 6.28. The van der Waals surface area contributed by atoms with Crippen molar-refractivity contribution in [2.45, 2.75) is 13.3 Å². The van der Waals surface area contributed by atoms with E-state index >= 15 is 0 Å². The highest BCUT2D eigenvalue weighted by Gasteiger charge is 2.02. The quantitative estimate of drug-likeness (QED) is 0.495. The van der Waals surface area contributed by atoms with Crippen molar-refractivity contribution in [1.29, 1.82) is 0 Å². The van der Waals surface area contributed by atoms with E-state index in [4.69, 9.17) is 0 Å². The van der Waals surface area contributed by atoms with Gasteiger partial charge in [0, 0.05) is 3.57 Å². The number of benzene rings is 2. The monoisotopic (exact) mass is 378 g/mol. The normalized spacial score (nSPS) is 11.2. The van der Waals surface area contributed by atoms with Crippen LogP contribution in [0.15, 0.2) is 59.7 Å². The molecular weight excluding hydrogens is 363 g/mol. The SMILES string of the molecule is C/C(=N/NC(=O)Cc1ccccc1)c1ccc(I)cc1. The summed E-state index contributed by atoms with van der Waals surface area (Å²) in [6.45, 7) is 1.88. The Morgan fingerprint density at radius 1 is 1.10 bits per heavy atom. The Morgan fingerprint density at radius 3 is 2.40 bits per heavy atom. The Balaban J connectivity index is 1.95. The number of hydrogen-bond donors (Lipinski definition) is 1. The molecule has 0 radical (unpaired) electrons. The maximum Gasteiger partial charge on any atom is 0.244 e. The molecule has 0 bridgehead atoms. The number of hydrazone groups is 1. The van der Waals surface area contributed by atoms with Crippen molar-refractivity contribution in [3.8, 4) is 0 Å². The second-order valence-corrected chi connectivity index (χ2v) is 5.65. The van der Waals surface area contributed by atoms with E-state index in [1.165, 1.54) is 3.57 Å². The molecule has 20 heavy (non-hydrogen) atoms. The zero-order valence-corrected chi connectivity index (χ0v) is 13.3. The summed E-state index contributed by atoms with van der Waals surface area (Å²) < 4.78 is 1.17. The maximum atomic E-state index is 11.8. The molecule has 0 aliphatic carbocycles. The predicted molar refractivity (Wildman–Crippen MR) is 89.7 cm³/mol. The van der Waals surface area contributed by atoms with Crippen LogP contribution in [0.1, 0.15) is 18.1 Å². The van der Waals surface area contributed by atoms with Crippen molar-refractivity contribution < 1.29 is 4.79 Å². The Bertz CT molecular complexity index is 606. The van der Waals surface area contributed by atoms with E-state index in [2.05, 4.69) is 33.1 Å². The number of rotatable bonds is 4. The van der Waals surface area contributed by atoms with Crippen LogP contribution in [0.2, 0.25) is 0 Å². The van der Waals surface area contributed by atoms with Crippen LogP contribution in [0, 0.1) is 3.57 Å². The molecule has 2 rings (SSSR count). The molecule has 0 saturated heterocycles. The molecule has 4 heteroatoms. The summed E-state index contributed by atoms with van der Waals surface area (Å²) in [6, 6.07) is 17.6. The fourth-order valence-electron chi connectivity index (χ4n) is 1.72. The van der Waals surface area contributed by atoms with E-state index in [0.29, 0.717) is 6.42 Å². The van der Waals surface area contributed by atoms with E-state index in [1.807, 2.05) is 61.5 Å². The van der Waals surface area contributed by atoms with E-state index in [9.17, 15) is 4.79 Å². The maximum absolute atomic E-state index is 11.8. The van der Waals surface area contributed by atoms with Gasteiger partial charge in [0.1, 0.15) is 0 Å². The molecule has 102 valence electrons. The van der Waals surface area contributed by atoms with Gasteiger partial charge in [-0.15, -0.1) is 0 Å². The van der Waals surface area contributed by atoms with Crippen LogP contribution >= 0.6 is 22.6 Å². The number of carbonyl (C=O) groups is 1. The third-order valence-corrected chi connectivity index (χ3v) is 3.54. The minimum absolute atomic E-state index is 0.110. The molecule has 0 aliphatic heterocycles. The summed E-state index contributed by atoms with van der Waals surface area (Å²) in [4.78, 5) is 11.8. The third kappa shape index (κ3) is 4.45. The standard InChI is InChI=1S/C16H15IN2O/c1-12(14-7-9-15(17)10-8-14)18-19-16(20)11-13-5-3-2-4-6-13/h2-10H,11H2,1H3,(H,19,20)/b18-12-. The lowest BCUT2D eigenvalue weighted by molar-refractivity contribution is -0.120. The molecule has 0 fully saturated rings. The first-order valence-corrected chi connectivity index (χ1v) is 7.36. The van der Waals surface area contributed by atoms with Gasteiger partial charge in [-0.1, -0.05) is 42.5 Å². The van der Waals surface area contributed by atoms with Gasteiger partial charge in [0.25, 0.3) is 0 Å². The van der Waals surface area contributed by atoms with E-state index in [-0.39, 0.29) is 5.91 Å². The van der Waals surface area contributed by atoms with Gasteiger partial charge in [-0.25, -0.2) is 5.43 Å². The molecule has 1 amide bonds. The average molecular weight is 378 g/mol. The van der Waals surface area contributed by atoms with Crippen molar-refractivity contribution >= 4 is 34.2 Å². The summed E-state index contributed by atoms with van der Waals surface area (Å²) >= 11 is 2.25. The topological polar surface area (TPSA) is 41.5 Å². The number of halogens is 1. The molecular formula is C16H15IN2O. The van der Waals surface area contributed by atoms with Gasteiger partial charge in [0.05, 0.1) is 12.1 Å². The molecule has 2 aromatic rings. The molecule has 0 aromatic heterocycles. The van der Waals surface area contributed by atoms with Crippen LogP contribution in [0.3, 0.4) is 0 Å². The first kappa shape index (κ1) is 14.7. The average Bonchev–Trinajstić information content (AvgIpc) is 2.46. The summed E-state index contributed by atoms with van der Waals surface area (Å²) in [5.41, 5.74) is 5.37. The van der Waals surface area contributed by atoms with Crippen molar-refractivity contribution in [2.75, 3.05) is 0 Å². The molecule has 0 spiro atoms. The highest BCUT2D eigenvalue weighted by Crippen LogP contribution is 2.07. The lowest BCUT2D eigenvalue weighted by Crippen LogP contribution is -2.21. The number of nitrogens with zero attached hydrogens (tertiary/aromatic N) is 1. The van der Waals surface area contributed by atoms with Gasteiger partial charge in [-0.2, -0.15) is 5.10 Å². The fourth-order valence-corrected chi connectivity index (χ4v) is 2.08. The van der Waals surface area contributed by atoms with Crippen LogP contribution in [0.4, 0.5) is 0 Å². The number of amides is 1. The summed E-state index contributed by atoms with van der Waals surface area (Å²) in [5.74, 6) is -0.110. The van der Waals surface area contributed by atoms with Crippen LogP contribution in [0.5, 0.6) is 0 Å². The highest BCUT2D eigenvalue weighted by atomic mass is 127. The van der Waals surface area contributed by atoms with Gasteiger partial charge in [-0.05, 0) is 52.8 Å². The first-order chi connectivity index (χ1) is 9.65. The zero-order chi connectivity index (χ0) is 14.4. The molecule has 0 aliphatic rings. The van der Waals surface area contributed by atoms with Crippen molar-refractivity contribution in [3.63, 3.8) is 0 Å². The predicted octanol–water partition coefficient (Wildman–Crippen LogP) is 3.37. The number of nitrogens with one attached hydrogen (secondary N) is 1. The third-order valence-electron chi connectivity index (χ3n) is 2.82. The number of carbonyl (C=O) groups excluding carboxylic acids is 1. The van der Waals surface area contributed by atoms with E-state index in [0.717, 1.165) is 16.8 Å². The van der Waals surface area contributed by atoms with E-state index < -0.39 is 0 Å². The van der Waals surface area contributed by atoms with Gasteiger partial charge in [0.15, 0.2) is 0 Å². The molecule has 0 atom stereocenters. The van der Waals surface area contributed by atoms with Gasteiger partial charge >= 0.3 is 0 Å². The molecule has 3 nitrogen and oxygen atoms in total. The van der Waals surface area contributed by atoms with Crippen LogP contribution in [-0.4, -0.2) is 11.6 Å². The minimum Gasteiger partial charge on any atom is -0.273 e. The molecule has 2 aromatic carbocycles. The van der Waals surface area contributed by atoms with Crippen molar-refractivity contribution in [2.24, 2.45) is 5.10 Å². The van der Waals surface area contributed by atoms with Crippen LogP contribution in [0.25, 0.3) is 0 Å². The van der Waals surface area contributed by atoms with Gasteiger partial charge in [-0.3, -0.25) is 4.79 Å². The van der Waals surface area contributed by atoms with Crippen LogP contribution < -0.4 is 5.43 Å². The summed E-state index contributed by atoms with van der Waals surface area (Å²) in [6.07, 6.45) is 0.338. The molecule has 0 unspecified atom stereocenters. The van der Waals surface area contributed by atoms with Gasteiger partial charge in [0.2, 0.25) is 5.91 Å². The second kappa shape index (κ2) is 7.19. The van der Waals surface area contributed by atoms with Crippen molar-refractivity contribution in [3.05, 3.63) is 69.3 Å². The number of hydrogen-bond acceptors (Lipinski definition) is 2. The Morgan fingerprint density at radius 2 is 1.75 bits per heavy atom. The van der Waals surface area contributed by atoms with E-state index in [1.54, 1.807) is 0 Å². The lowest BCUT2D eigenvalue weighted by Gasteiger charge is -2.03. The lowest BCUT2D eigenvalue weighted by atomic mass is 10.1. The molecule has 0 heterocycles. The summed E-state index contributed by atoms with van der Waals surface area (Å²) in [5, 5.41) is 4.13. The Hall–Kier alpha value is -1.69. The van der Waals surface area contributed by atoms with Gasteiger partial charge < -0.3 is 0 Å². The van der Waals surface area contributed by atoms with Crippen molar-refractivity contribution in [1.82, 2.24) is 5.43 Å². The smallest absolute Gasteiger partial charge is 0.244 e.